The number of nitrogens with zero attached hydrogens (tertiary/aromatic N) is 1. The fraction of sp³-hybridized carbons (Fsp3) is 0.667. The molecule has 13 heavy (non-hydrogen) atoms. The lowest BCUT2D eigenvalue weighted by Gasteiger charge is -1.99. The second-order valence-corrected chi connectivity index (χ2v) is 5.27. The molecule has 1 aliphatic heterocycles. The van der Waals surface area contributed by atoms with Gasteiger partial charge >= 0.3 is 5.97 Å². The Kier molecular flexibility index (Phi) is 6.95. The molecule has 76 valence electrons. The van der Waals surface area contributed by atoms with Crippen LogP contribution >= 0.6 is 46.6 Å². The van der Waals surface area contributed by atoms with Crippen molar-refractivity contribution in [2.45, 2.75) is 10.2 Å². The molecular weight excluding hydrogens is 256 g/mol. The van der Waals surface area contributed by atoms with Crippen molar-refractivity contribution < 1.29 is 9.90 Å². The number of hydrogen-bond donors (Lipinski definition) is 1. The molecule has 0 aromatic carbocycles. The number of hydrogen-bond acceptors (Lipinski definition) is 3. The number of thioether (sulfide) groups is 1. The third kappa shape index (κ3) is 8.68. The predicted octanol–water partition coefficient (Wildman–Crippen LogP) is 2.59. The number of halogens is 3. The van der Waals surface area contributed by atoms with Gasteiger partial charge in [-0.05, 0) is 6.42 Å². The van der Waals surface area contributed by atoms with Crippen molar-refractivity contribution in [1.29, 1.82) is 0 Å². The maximum Gasteiger partial charge on any atom is 0.356 e. The van der Waals surface area contributed by atoms with Gasteiger partial charge in [-0.15, -0.1) is 11.8 Å². The van der Waals surface area contributed by atoms with Crippen LogP contribution in [-0.2, 0) is 4.79 Å². The molecule has 0 amide bonds. The molecule has 1 aliphatic rings. The van der Waals surface area contributed by atoms with E-state index in [4.69, 9.17) is 39.9 Å². The molecule has 0 bridgehead atoms. The van der Waals surface area contributed by atoms with Crippen molar-refractivity contribution in [3.05, 3.63) is 0 Å². The van der Waals surface area contributed by atoms with E-state index in [1.165, 1.54) is 12.2 Å². The van der Waals surface area contributed by atoms with E-state index >= 15 is 0 Å². The number of carboxylic acid groups (broad SMARTS) is 1. The van der Waals surface area contributed by atoms with Crippen LogP contribution in [0.5, 0.6) is 0 Å². The number of alkyl halides is 3. The van der Waals surface area contributed by atoms with Crippen molar-refractivity contribution in [2.24, 2.45) is 4.99 Å². The van der Waals surface area contributed by atoms with E-state index in [1.807, 2.05) is 5.55 Å². The summed E-state index contributed by atoms with van der Waals surface area (Å²) in [6.45, 7) is 1.05. The Labute approximate surface area is 95.4 Å². The molecule has 0 radical (unpaired) electrons. The fourth-order valence-electron chi connectivity index (χ4n) is 0.397. The van der Waals surface area contributed by atoms with E-state index < -0.39 is 9.76 Å². The number of rotatable bonds is 0. The van der Waals surface area contributed by atoms with E-state index in [9.17, 15) is 4.79 Å². The van der Waals surface area contributed by atoms with Crippen LogP contribution in [0.25, 0.3) is 0 Å². The highest BCUT2D eigenvalue weighted by atomic mass is 35.6. The zero-order valence-electron chi connectivity index (χ0n) is 6.54. The maximum atomic E-state index is 9.62. The van der Waals surface area contributed by atoms with Crippen LogP contribution in [-0.4, -0.2) is 32.7 Å². The number of aliphatic carboxylic acids is 1. The first kappa shape index (κ1) is 13.4. The van der Waals surface area contributed by atoms with E-state index in [2.05, 4.69) is 4.99 Å². The second kappa shape index (κ2) is 6.76. The minimum atomic E-state index is -2.17. The SMILES string of the molecule is C1=NCCCS1.O=C(O)C(Cl)(Cl)Cl. The van der Waals surface area contributed by atoms with Gasteiger partial charge in [0.25, 0.3) is 3.79 Å². The molecule has 0 spiro atoms. The number of aliphatic imine (C=N–C) groups is 1. The smallest absolute Gasteiger partial charge is 0.356 e. The Morgan fingerprint density at radius 1 is 1.54 bits per heavy atom. The third-order valence-corrected chi connectivity index (χ3v) is 2.25. The molecule has 0 atom stereocenters. The van der Waals surface area contributed by atoms with Gasteiger partial charge in [0.1, 0.15) is 0 Å². The highest BCUT2D eigenvalue weighted by molar-refractivity contribution is 8.12. The Morgan fingerprint density at radius 3 is 2.15 bits per heavy atom. The lowest BCUT2D eigenvalue weighted by Crippen LogP contribution is -2.16. The van der Waals surface area contributed by atoms with Crippen LogP contribution in [0.1, 0.15) is 6.42 Å². The average molecular weight is 265 g/mol. The molecule has 0 aromatic heterocycles. The van der Waals surface area contributed by atoms with Crippen molar-refractivity contribution in [3.63, 3.8) is 0 Å². The van der Waals surface area contributed by atoms with Gasteiger partial charge in [0.15, 0.2) is 0 Å². The maximum absolute atomic E-state index is 9.62. The summed E-state index contributed by atoms with van der Waals surface area (Å²) in [5.41, 5.74) is 1.93. The molecule has 7 heteroatoms. The molecule has 0 unspecified atom stereocenters. The summed E-state index contributed by atoms with van der Waals surface area (Å²) in [5.74, 6) is -0.193. The highest BCUT2D eigenvalue weighted by Gasteiger charge is 2.29. The van der Waals surface area contributed by atoms with Crippen molar-refractivity contribution in [3.8, 4) is 0 Å². The van der Waals surface area contributed by atoms with Gasteiger partial charge in [-0.1, -0.05) is 34.8 Å². The quantitative estimate of drug-likeness (QED) is 0.684. The minimum Gasteiger partial charge on any atom is -0.478 e. The van der Waals surface area contributed by atoms with Gasteiger partial charge in [-0.3, -0.25) is 4.99 Å². The Morgan fingerprint density at radius 2 is 2.08 bits per heavy atom. The number of carboxylic acids is 1. The summed E-state index contributed by atoms with van der Waals surface area (Å²) in [6, 6.07) is 0. The molecule has 1 N–H and O–H groups in total. The van der Waals surface area contributed by atoms with Crippen molar-refractivity contribution in [2.75, 3.05) is 12.3 Å². The lowest BCUT2D eigenvalue weighted by molar-refractivity contribution is -0.135. The molecule has 3 nitrogen and oxygen atoms in total. The van der Waals surface area contributed by atoms with E-state index in [0.717, 1.165) is 6.54 Å². The summed E-state index contributed by atoms with van der Waals surface area (Å²) in [5, 5.41) is 7.85. The first-order valence-electron chi connectivity index (χ1n) is 3.34. The molecule has 0 saturated carbocycles. The summed E-state index contributed by atoms with van der Waals surface area (Å²) in [4.78, 5) is 13.6. The minimum absolute atomic E-state index is 1.05. The molecule has 0 saturated heterocycles. The highest BCUT2D eigenvalue weighted by Crippen LogP contribution is 2.25. The van der Waals surface area contributed by atoms with Gasteiger partial charge in [-0.2, -0.15) is 0 Å². The van der Waals surface area contributed by atoms with Gasteiger partial charge in [0.05, 0.1) is 5.55 Å². The third-order valence-electron chi connectivity index (χ3n) is 0.941. The van der Waals surface area contributed by atoms with Crippen LogP contribution < -0.4 is 0 Å². The van der Waals surface area contributed by atoms with Crippen LogP contribution in [0.3, 0.4) is 0 Å². The second-order valence-electron chi connectivity index (χ2n) is 2.04. The van der Waals surface area contributed by atoms with E-state index in [0.29, 0.717) is 0 Å². The summed E-state index contributed by atoms with van der Waals surface area (Å²) >= 11 is 16.2. The summed E-state index contributed by atoms with van der Waals surface area (Å²) < 4.78 is -2.17. The van der Waals surface area contributed by atoms with Gasteiger partial charge in [-0.25, -0.2) is 4.79 Å². The average Bonchev–Trinajstić information content (AvgIpc) is 2.07. The number of carbonyl (C=O) groups is 1. The molecule has 0 aromatic rings. The van der Waals surface area contributed by atoms with Gasteiger partial charge in [0, 0.05) is 12.3 Å². The zero-order chi connectivity index (χ0) is 10.3. The monoisotopic (exact) mass is 263 g/mol. The van der Waals surface area contributed by atoms with E-state index in [-0.39, 0.29) is 0 Å². The summed E-state index contributed by atoms with van der Waals surface area (Å²) in [7, 11) is 0. The Hall–Kier alpha value is 0.360. The van der Waals surface area contributed by atoms with Crippen LogP contribution in [0.4, 0.5) is 0 Å². The molecule has 0 aliphatic carbocycles. The zero-order valence-corrected chi connectivity index (χ0v) is 9.63. The molecular formula is C6H8Cl3NO2S. The van der Waals surface area contributed by atoms with Crippen molar-refractivity contribution >= 4 is 58.1 Å². The van der Waals surface area contributed by atoms with Gasteiger partial charge in [0.2, 0.25) is 0 Å². The molecule has 1 rings (SSSR count). The topological polar surface area (TPSA) is 49.7 Å². The van der Waals surface area contributed by atoms with E-state index in [1.54, 1.807) is 11.8 Å². The van der Waals surface area contributed by atoms with Gasteiger partial charge < -0.3 is 5.11 Å². The first-order chi connectivity index (χ1) is 5.94. The largest absolute Gasteiger partial charge is 0.478 e. The fourth-order valence-corrected chi connectivity index (χ4v) is 1.01. The Bertz CT molecular complexity index is 185. The van der Waals surface area contributed by atoms with Crippen LogP contribution in [0, 0.1) is 0 Å². The predicted molar refractivity (Wildman–Crippen MR) is 58.4 cm³/mol. The van der Waals surface area contributed by atoms with Crippen molar-refractivity contribution in [1.82, 2.24) is 0 Å². The standard InChI is InChI=1S/C4H7NS.C2HCl3O2/c1-2-5-4-6-3-1;3-2(4,5)1(6)7/h4H,1-3H2;(H,6,7). The lowest BCUT2D eigenvalue weighted by atomic mass is 10.5. The normalized spacial score (nSPS) is 15.9. The first-order valence-corrected chi connectivity index (χ1v) is 5.53. The van der Waals surface area contributed by atoms with Crippen LogP contribution in [0.15, 0.2) is 4.99 Å². The Balaban J connectivity index is 0.000000223. The molecule has 0 fully saturated rings. The van der Waals surface area contributed by atoms with Crippen LogP contribution in [0.2, 0.25) is 0 Å². The molecule has 1 heterocycles. The summed E-state index contributed by atoms with van der Waals surface area (Å²) in [6.07, 6.45) is 1.27.